The van der Waals surface area contributed by atoms with Crippen molar-refractivity contribution in [3.8, 4) is 0 Å². The molecule has 1 aliphatic rings. The number of ether oxygens (including phenoxy) is 2. The molecule has 1 heterocycles. The van der Waals surface area contributed by atoms with Gasteiger partial charge in [-0.05, 0) is 5.56 Å². The van der Waals surface area contributed by atoms with E-state index >= 15 is 0 Å². The van der Waals surface area contributed by atoms with Gasteiger partial charge in [0.1, 0.15) is 12.1 Å². The fourth-order valence-corrected chi connectivity index (χ4v) is 2.63. The van der Waals surface area contributed by atoms with Crippen molar-refractivity contribution in [3.63, 3.8) is 0 Å². The van der Waals surface area contributed by atoms with E-state index in [0.29, 0.717) is 5.56 Å². The second-order valence-electron chi connectivity index (χ2n) is 4.99. The zero-order valence-electron chi connectivity index (χ0n) is 12.3. The largest absolute Gasteiger partial charge is 0.468 e. The maximum absolute atomic E-state index is 12.2. The molecule has 1 unspecified atom stereocenters. The number of hydrogen-bond acceptors (Lipinski definition) is 6. The van der Waals surface area contributed by atoms with Crippen LogP contribution in [0.3, 0.4) is 0 Å². The first-order chi connectivity index (χ1) is 10.4. The fourth-order valence-electron chi connectivity index (χ4n) is 2.63. The van der Waals surface area contributed by atoms with Crippen molar-refractivity contribution < 1.29 is 29.0 Å². The zero-order valence-corrected chi connectivity index (χ0v) is 12.3. The van der Waals surface area contributed by atoms with Crippen LogP contribution in [-0.4, -0.2) is 54.7 Å². The number of amides is 1. The van der Waals surface area contributed by atoms with Gasteiger partial charge in [-0.2, -0.15) is 0 Å². The summed E-state index contributed by atoms with van der Waals surface area (Å²) in [5, 5.41) is 10.9. The predicted octanol–water partition coefficient (Wildman–Crippen LogP) is -0.179. The first kappa shape index (κ1) is 16.0. The lowest BCUT2D eigenvalue weighted by Gasteiger charge is -2.31. The third kappa shape index (κ3) is 2.67. The van der Waals surface area contributed by atoms with Gasteiger partial charge in [0.25, 0.3) is 0 Å². The third-order valence-electron chi connectivity index (χ3n) is 3.73. The molecular weight excluding hydrogens is 290 g/mol. The first-order valence-electron chi connectivity index (χ1n) is 6.66. The molecule has 0 saturated carbocycles. The minimum absolute atomic E-state index is 0.312. The first-order valence-corrected chi connectivity index (χ1v) is 6.66. The summed E-state index contributed by atoms with van der Waals surface area (Å²) in [6.45, 7) is -0.426. The number of aliphatic hydroxyl groups is 1. The Hall–Kier alpha value is -2.41. The van der Waals surface area contributed by atoms with Crippen LogP contribution in [0.2, 0.25) is 0 Å². The Morgan fingerprint density at radius 1 is 1.27 bits per heavy atom. The predicted molar refractivity (Wildman–Crippen MR) is 74.5 cm³/mol. The molecule has 0 bridgehead atoms. The summed E-state index contributed by atoms with van der Waals surface area (Å²) in [6, 6.07) is 7.06. The summed E-state index contributed by atoms with van der Waals surface area (Å²) in [5.41, 5.74) is -1.34. The Balaban J connectivity index is 2.44. The Morgan fingerprint density at radius 2 is 1.91 bits per heavy atom. The van der Waals surface area contributed by atoms with E-state index in [0.717, 1.165) is 12.0 Å². The highest BCUT2D eigenvalue weighted by atomic mass is 16.5. The second-order valence-corrected chi connectivity index (χ2v) is 4.99. The van der Waals surface area contributed by atoms with Crippen molar-refractivity contribution in [2.45, 2.75) is 18.1 Å². The standard InChI is InChI=1S/C15H17NO6/c1-21-12(18)9-16-11(17)8-15(20,13(16)14(19)22-2)10-6-4-3-5-7-10/h3-7,13,20H,8-9H2,1-2H3/t13-,15?/m1/s1. The molecule has 7 heteroatoms. The number of likely N-dealkylation sites (tertiary alicyclic amines) is 1. The van der Waals surface area contributed by atoms with Crippen molar-refractivity contribution in [2.24, 2.45) is 0 Å². The summed E-state index contributed by atoms with van der Waals surface area (Å²) in [6.07, 6.45) is -0.312. The van der Waals surface area contributed by atoms with Crippen LogP contribution in [0.5, 0.6) is 0 Å². The van der Waals surface area contributed by atoms with Gasteiger partial charge < -0.3 is 19.5 Å². The van der Waals surface area contributed by atoms with Gasteiger partial charge >= 0.3 is 11.9 Å². The van der Waals surface area contributed by atoms with Gasteiger partial charge in [-0.25, -0.2) is 4.79 Å². The Labute approximate surface area is 127 Å². The quantitative estimate of drug-likeness (QED) is 0.776. The Kier molecular flexibility index (Phi) is 4.46. The smallest absolute Gasteiger partial charge is 0.332 e. The van der Waals surface area contributed by atoms with Crippen LogP contribution >= 0.6 is 0 Å². The van der Waals surface area contributed by atoms with E-state index in [1.165, 1.54) is 7.11 Å². The molecule has 1 saturated heterocycles. The van der Waals surface area contributed by atoms with E-state index in [2.05, 4.69) is 4.74 Å². The van der Waals surface area contributed by atoms with Gasteiger partial charge in [0, 0.05) is 0 Å². The van der Waals surface area contributed by atoms with E-state index in [-0.39, 0.29) is 6.42 Å². The summed E-state index contributed by atoms with van der Waals surface area (Å²) in [4.78, 5) is 36.8. The van der Waals surface area contributed by atoms with Gasteiger partial charge in [0.15, 0.2) is 6.04 Å². The summed E-state index contributed by atoms with van der Waals surface area (Å²) in [5.74, 6) is -1.99. The van der Waals surface area contributed by atoms with Crippen LogP contribution in [0, 0.1) is 0 Å². The molecule has 1 aromatic carbocycles. The molecule has 118 valence electrons. The van der Waals surface area contributed by atoms with Gasteiger partial charge in [-0.1, -0.05) is 30.3 Å². The molecule has 2 atom stereocenters. The lowest BCUT2D eigenvalue weighted by molar-refractivity contribution is -0.158. The summed E-state index contributed by atoms with van der Waals surface area (Å²) < 4.78 is 9.23. The van der Waals surface area contributed by atoms with E-state index in [1.54, 1.807) is 30.3 Å². The maximum atomic E-state index is 12.2. The minimum atomic E-state index is -1.75. The van der Waals surface area contributed by atoms with Crippen molar-refractivity contribution in [1.29, 1.82) is 0 Å². The molecule has 1 N–H and O–H groups in total. The van der Waals surface area contributed by atoms with Crippen LogP contribution in [0.1, 0.15) is 12.0 Å². The normalized spacial score (nSPS) is 24.2. The monoisotopic (exact) mass is 307 g/mol. The highest BCUT2D eigenvalue weighted by Crippen LogP contribution is 2.39. The molecule has 0 aliphatic carbocycles. The van der Waals surface area contributed by atoms with Gasteiger partial charge in [-0.3, -0.25) is 9.59 Å². The molecule has 2 rings (SSSR count). The van der Waals surface area contributed by atoms with E-state index in [1.807, 2.05) is 0 Å². The van der Waals surface area contributed by atoms with Crippen molar-refractivity contribution in [1.82, 2.24) is 4.90 Å². The van der Waals surface area contributed by atoms with Crippen molar-refractivity contribution >= 4 is 17.8 Å². The van der Waals surface area contributed by atoms with E-state index in [9.17, 15) is 19.5 Å². The maximum Gasteiger partial charge on any atom is 0.332 e. The lowest BCUT2D eigenvalue weighted by Crippen LogP contribution is -2.50. The van der Waals surface area contributed by atoms with Crippen LogP contribution in [-0.2, 0) is 29.5 Å². The molecule has 1 aromatic rings. The Bertz CT molecular complexity index is 587. The number of methoxy groups -OCH3 is 2. The number of carbonyl (C=O) groups excluding carboxylic acids is 3. The van der Waals surface area contributed by atoms with Crippen LogP contribution < -0.4 is 0 Å². The second kappa shape index (κ2) is 6.15. The number of nitrogens with zero attached hydrogens (tertiary/aromatic N) is 1. The van der Waals surface area contributed by atoms with Gasteiger partial charge in [0.05, 0.1) is 20.6 Å². The van der Waals surface area contributed by atoms with E-state index < -0.39 is 36.0 Å². The van der Waals surface area contributed by atoms with Crippen molar-refractivity contribution in [3.05, 3.63) is 35.9 Å². The molecule has 7 nitrogen and oxygen atoms in total. The Morgan fingerprint density at radius 3 is 2.45 bits per heavy atom. The van der Waals surface area contributed by atoms with Gasteiger partial charge in [-0.15, -0.1) is 0 Å². The zero-order chi connectivity index (χ0) is 16.3. The van der Waals surface area contributed by atoms with Gasteiger partial charge in [0.2, 0.25) is 5.91 Å². The molecular formula is C15H17NO6. The van der Waals surface area contributed by atoms with E-state index in [4.69, 9.17) is 4.74 Å². The molecule has 0 aromatic heterocycles. The number of benzene rings is 1. The van der Waals surface area contributed by atoms with Crippen LogP contribution in [0.25, 0.3) is 0 Å². The highest BCUT2D eigenvalue weighted by molar-refractivity contribution is 5.93. The molecule has 0 spiro atoms. The number of rotatable bonds is 4. The minimum Gasteiger partial charge on any atom is -0.468 e. The number of esters is 2. The summed E-state index contributed by atoms with van der Waals surface area (Å²) in [7, 11) is 2.34. The summed E-state index contributed by atoms with van der Waals surface area (Å²) >= 11 is 0. The topological polar surface area (TPSA) is 93.1 Å². The molecule has 1 aliphatic heterocycles. The van der Waals surface area contributed by atoms with Crippen LogP contribution in [0.15, 0.2) is 30.3 Å². The van der Waals surface area contributed by atoms with Crippen LogP contribution in [0.4, 0.5) is 0 Å². The average Bonchev–Trinajstić information content (AvgIpc) is 2.79. The highest BCUT2D eigenvalue weighted by Gasteiger charge is 2.56. The average molecular weight is 307 g/mol. The third-order valence-corrected chi connectivity index (χ3v) is 3.73. The molecule has 1 amide bonds. The fraction of sp³-hybridized carbons (Fsp3) is 0.400. The molecule has 22 heavy (non-hydrogen) atoms. The van der Waals surface area contributed by atoms with Crippen molar-refractivity contribution in [2.75, 3.05) is 20.8 Å². The molecule has 0 radical (unpaired) electrons. The molecule has 1 fully saturated rings. The number of carbonyl (C=O) groups is 3. The number of hydrogen-bond donors (Lipinski definition) is 1. The SMILES string of the molecule is COC(=O)CN1C(=O)CC(O)(c2ccccc2)[C@H]1C(=O)OC. The lowest BCUT2D eigenvalue weighted by atomic mass is 9.86.